The molecule has 4 heterocycles. The van der Waals surface area contributed by atoms with Gasteiger partial charge in [0, 0.05) is 56.7 Å². The lowest BCUT2D eigenvalue weighted by atomic mass is 10.1. The molecule has 6 nitrogen and oxygen atoms in total. The Balaban J connectivity index is 1.27. The van der Waals surface area contributed by atoms with Gasteiger partial charge in [-0.3, -0.25) is 14.7 Å². The van der Waals surface area contributed by atoms with Gasteiger partial charge >= 0.3 is 0 Å². The Labute approximate surface area is 163 Å². The number of aromatic nitrogens is 3. The van der Waals surface area contributed by atoms with Crippen LogP contribution in [0.15, 0.2) is 67.1 Å². The zero-order valence-electron chi connectivity index (χ0n) is 15.5. The number of amides is 1. The molecule has 0 N–H and O–H groups in total. The van der Waals surface area contributed by atoms with E-state index in [4.69, 9.17) is 0 Å². The summed E-state index contributed by atoms with van der Waals surface area (Å²) in [4.78, 5) is 26.4. The van der Waals surface area contributed by atoms with Crippen molar-refractivity contribution >= 4 is 22.5 Å². The number of pyridine rings is 2. The molecule has 6 heteroatoms. The molecule has 0 saturated carbocycles. The normalized spacial score (nSPS) is 15.4. The SMILES string of the molecule is O=C(c1cccc2cccnc12)N1CCN(Cc2cn3ccccc3n2)CC1. The fourth-order valence-electron chi connectivity index (χ4n) is 3.85. The number of carbonyl (C=O) groups excluding carboxylic acids is 1. The number of piperazine rings is 1. The topological polar surface area (TPSA) is 53.7 Å². The molecule has 0 radical (unpaired) electrons. The third-order valence-electron chi connectivity index (χ3n) is 5.32. The van der Waals surface area contributed by atoms with Gasteiger partial charge in [-0.05, 0) is 24.3 Å². The number of fused-ring (bicyclic) bond motifs is 2. The van der Waals surface area contributed by atoms with Crippen LogP contribution in [0.4, 0.5) is 0 Å². The van der Waals surface area contributed by atoms with Crippen LogP contribution in [0.1, 0.15) is 16.1 Å². The van der Waals surface area contributed by atoms with E-state index in [1.54, 1.807) is 6.20 Å². The highest BCUT2D eigenvalue weighted by atomic mass is 16.2. The zero-order valence-corrected chi connectivity index (χ0v) is 15.5. The van der Waals surface area contributed by atoms with Crippen molar-refractivity contribution in [2.75, 3.05) is 26.2 Å². The molecule has 5 rings (SSSR count). The molecular weight excluding hydrogens is 350 g/mol. The quantitative estimate of drug-likeness (QED) is 0.556. The molecule has 4 aromatic rings. The lowest BCUT2D eigenvalue weighted by Crippen LogP contribution is -2.48. The van der Waals surface area contributed by atoms with Crippen molar-refractivity contribution in [3.63, 3.8) is 0 Å². The van der Waals surface area contributed by atoms with Crippen LogP contribution in [0, 0.1) is 0 Å². The van der Waals surface area contributed by atoms with Crippen molar-refractivity contribution in [2.45, 2.75) is 6.54 Å². The van der Waals surface area contributed by atoms with Crippen molar-refractivity contribution < 1.29 is 4.79 Å². The van der Waals surface area contributed by atoms with Gasteiger partial charge in [0.15, 0.2) is 0 Å². The number of rotatable bonds is 3. The minimum atomic E-state index is 0.0664. The largest absolute Gasteiger partial charge is 0.336 e. The average Bonchev–Trinajstić information content (AvgIpc) is 3.16. The van der Waals surface area contributed by atoms with Gasteiger partial charge in [0.05, 0.1) is 16.8 Å². The molecule has 1 saturated heterocycles. The maximum absolute atomic E-state index is 13.0. The summed E-state index contributed by atoms with van der Waals surface area (Å²) < 4.78 is 2.04. The van der Waals surface area contributed by atoms with Crippen LogP contribution in [0.3, 0.4) is 0 Å². The number of nitrogens with zero attached hydrogens (tertiary/aromatic N) is 5. The Morgan fingerprint density at radius 1 is 0.964 bits per heavy atom. The van der Waals surface area contributed by atoms with Crippen molar-refractivity contribution in [1.29, 1.82) is 0 Å². The predicted octanol–water partition coefficient (Wildman–Crippen LogP) is 2.84. The van der Waals surface area contributed by atoms with Gasteiger partial charge in [-0.1, -0.05) is 24.3 Å². The fraction of sp³-hybridized carbons (Fsp3) is 0.227. The van der Waals surface area contributed by atoms with Gasteiger partial charge in [-0.15, -0.1) is 0 Å². The molecule has 1 aliphatic heterocycles. The minimum Gasteiger partial charge on any atom is -0.336 e. The van der Waals surface area contributed by atoms with Gasteiger partial charge in [-0.25, -0.2) is 4.98 Å². The van der Waals surface area contributed by atoms with E-state index in [9.17, 15) is 4.79 Å². The lowest BCUT2D eigenvalue weighted by Gasteiger charge is -2.34. The van der Waals surface area contributed by atoms with Crippen molar-refractivity contribution in [3.8, 4) is 0 Å². The Morgan fingerprint density at radius 3 is 2.68 bits per heavy atom. The van der Waals surface area contributed by atoms with Crippen molar-refractivity contribution in [1.82, 2.24) is 24.2 Å². The van der Waals surface area contributed by atoms with E-state index in [0.29, 0.717) is 5.56 Å². The number of hydrogen-bond acceptors (Lipinski definition) is 4. The van der Waals surface area contributed by atoms with Crippen molar-refractivity contribution in [2.24, 2.45) is 0 Å². The van der Waals surface area contributed by atoms with Crippen LogP contribution in [0.5, 0.6) is 0 Å². The summed E-state index contributed by atoms with van der Waals surface area (Å²) in [5, 5.41) is 0.999. The monoisotopic (exact) mass is 371 g/mol. The van der Waals surface area contributed by atoms with Crippen LogP contribution in [0.25, 0.3) is 16.6 Å². The second kappa shape index (κ2) is 7.05. The van der Waals surface area contributed by atoms with Gasteiger partial charge in [0.2, 0.25) is 0 Å². The fourth-order valence-corrected chi connectivity index (χ4v) is 3.85. The summed E-state index contributed by atoms with van der Waals surface area (Å²) in [6.07, 6.45) is 5.83. The maximum atomic E-state index is 13.0. The molecule has 3 aromatic heterocycles. The summed E-state index contributed by atoms with van der Waals surface area (Å²) in [6, 6.07) is 15.7. The van der Waals surface area contributed by atoms with Crippen LogP contribution in [-0.4, -0.2) is 56.3 Å². The molecule has 0 atom stereocenters. The van der Waals surface area contributed by atoms with E-state index in [1.165, 1.54) is 0 Å². The average molecular weight is 371 g/mol. The summed E-state index contributed by atoms with van der Waals surface area (Å²) in [5.41, 5.74) is 3.49. The number of benzene rings is 1. The molecule has 28 heavy (non-hydrogen) atoms. The molecule has 1 amide bonds. The van der Waals surface area contributed by atoms with E-state index < -0.39 is 0 Å². The molecule has 0 aliphatic carbocycles. The molecule has 140 valence electrons. The van der Waals surface area contributed by atoms with Crippen LogP contribution >= 0.6 is 0 Å². The molecule has 0 unspecified atom stereocenters. The molecular formula is C22H21N5O. The number of imidazole rings is 1. The van der Waals surface area contributed by atoms with E-state index in [-0.39, 0.29) is 5.91 Å². The highest BCUT2D eigenvalue weighted by Gasteiger charge is 2.24. The molecule has 1 fully saturated rings. The van der Waals surface area contributed by atoms with Crippen molar-refractivity contribution in [3.05, 3.63) is 78.4 Å². The standard InChI is InChI=1S/C22H21N5O/c28-22(19-7-3-5-17-6-4-9-23-21(17)19)26-13-11-25(12-14-26)15-18-16-27-10-2-1-8-20(27)24-18/h1-10,16H,11-15H2. The Hall–Kier alpha value is -3.25. The highest BCUT2D eigenvalue weighted by molar-refractivity contribution is 6.05. The molecule has 0 bridgehead atoms. The first kappa shape index (κ1) is 16.9. The van der Waals surface area contributed by atoms with E-state index >= 15 is 0 Å². The first-order chi connectivity index (χ1) is 13.8. The summed E-state index contributed by atoms with van der Waals surface area (Å²) in [6.45, 7) is 3.93. The number of para-hydroxylation sites is 1. The van der Waals surface area contributed by atoms with Gasteiger partial charge < -0.3 is 9.30 Å². The van der Waals surface area contributed by atoms with E-state index in [2.05, 4.69) is 21.1 Å². The second-order valence-electron chi connectivity index (χ2n) is 7.15. The summed E-state index contributed by atoms with van der Waals surface area (Å²) in [5.74, 6) is 0.0664. The molecule has 1 aromatic carbocycles. The van der Waals surface area contributed by atoms with Gasteiger partial charge in [0.1, 0.15) is 5.65 Å². The number of hydrogen-bond donors (Lipinski definition) is 0. The van der Waals surface area contributed by atoms with E-state index in [1.807, 2.05) is 64.0 Å². The summed E-state index contributed by atoms with van der Waals surface area (Å²) in [7, 11) is 0. The van der Waals surface area contributed by atoms with Crippen LogP contribution in [0.2, 0.25) is 0 Å². The van der Waals surface area contributed by atoms with Crippen LogP contribution in [-0.2, 0) is 6.54 Å². The molecule has 0 spiro atoms. The summed E-state index contributed by atoms with van der Waals surface area (Å²) >= 11 is 0. The Kier molecular flexibility index (Phi) is 4.25. The Bertz CT molecular complexity index is 1110. The predicted molar refractivity (Wildman–Crippen MR) is 108 cm³/mol. The first-order valence-electron chi connectivity index (χ1n) is 9.56. The smallest absolute Gasteiger partial charge is 0.256 e. The lowest BCUT2D eigenvalue weighted by molar-refractivity contribution is 0.0629. The van der Waals surface area contributed by atoms with Crippen LogP contribution < -0.4 is 0 Å². The highest BCUT2D eigenvalue weighted by Crippen LogP contribution is 2.19. The zero-order chi connectivity index (χ0) is 18.9. The van der Waals surface area contributed by atoms with Gasteiger partial charge in [-0.2, -0.15) is 0 Å². The minimum absolute atomic E-state index is 0.0664. The molecule has 1 aliphatic rings. The second-order valence-corrected chi connectivity index (χ2v) is 7.15. The first-order valence-corrected chi connectivity index (χ1v) is 9.56. The third-order valence-corrected chi connectivity index (χ3v) is 5.32. The maximum Gasteiger partial charge on any atom is 0.256 e. The number of carbonyl (C=O) groups is 1. The van der Waals surface area contributed by atoms with E-state index in [0.717, 1.165) is 55.0 Å². The third kappa shape index (κ3) is 3.12. The Morgan fingerprint density at radius 2 is 1.82 bits per heavy atom. The van der Waals surface area contributed by atoms with Gasteiger partial charge in [0.25, 0.3) is 5.91 Å².